The molecule has 3 aliphatic rings. The number of halogens is 1. The molecule has 3 atom stereocenters. The number of hydrogen-bond acceptors (Lipinski definition) is 6. The zero-order valence-electron chi connectivity index (χ0n) is 14.7. The summed E-state index contributed by atoms with van der Waals surface area (Å²) < 4.78 is 5.91. The number of rotatable bonds is 2. The number of aliphatic imine (C=N–C) groups is 2. The number of allylic oxidation sites excluding steroid dienone is 3. The molecule has 2 heterocycles. The zero-order valence-corrected chi connectivity index (χ0v) is 15.4. The van der Waals surface area contributed by atoms with Gasteiger partial charge >= 0.3 is 0 Å². The van der Waals surface area contributed by atoms with E-state index < -0.39 is 16.8 Å². The summed E-state index contributed by atoms with van der Waals surface area (Å²) in [5, 5.41) is 11.9. The summed E-state index contributed by atoms with van der Waals surface area (Å²) in [5.74, 6) is -0.607. The van der Waals surface area contributed by atoms with E-state index in [1.807, 2.05) is 6.92 Å². The van der Waals surface area contributed by atoms with Gasteiger partial charge in [0.15, 0.2) is 5.78 Å². The normalized spacial score (nSPS) is 26.2. The molecule has 8 heteroatoms. The quantitative estimate of drug-likeness (QED) is 0.564. The maximum Gasteiger partial charge on any atom is 0.276 e. The highest BCUT2D eigenvalue weighted by Gasteiger charge is 2.41. The number of carbonyl (C=O) groups excluding carboxylic acids is 1. The van der Waals surface area contributed by atoms with Crippen LogP contribution in [0.15, 0.2) is 50.7 Å². The molecule has 0 spiro atoms. The number of benzene rings is 1. The Morgan fingerprint density at radius 1 is 1.37 bits per heavy atom. The van der Waals surface area contributed by atoms with Crippen LogP contribution in [0.2, 0.25) is 0 Å². The number of fused-ring (bicyclic) bond motifs is 2. The first kappa shape index (κ1) is 17.6. The lowest BCUT2D eigenvalue weighted by atomic mass is 9.81. The van der Waals surface area contributed by atoms with Crippen molar-refractivity contribution in [3.05, 3.63) is 56.4 Å². The van der Waals surface area contributed by atoms with Gasteiger partial charge in [0.25, 0.3) is 5.69 Å². The minimum Gasteiger partial charge on any atom is -0.442 e. The molecule has 0 bridgehead atoms. The fourth-order valence-corrected chi connectivity index (χ4v) is 3.87. The number of nitrogens with zero attached hydrogens (tertiary/aromatic N) is 3. The fraction of sp³-hybridized carbons (Fsp3) is 0.316. The van der Waals surface area contributed by atoms with Crippen LogP contribution >= 0.6 is 11.6 Å². The van der Waals surface area contributed by atoms with Gasteiger partial charge in [-0.15, -0.1) is 0 Å². The van der Waals surface area contributed by atoms with Crippen LogP contribution in [0.4, 0.5) is 5.69 Å². The van der Waals surface area contributed by atoms with Gasteiger partial charge in [0.05, 0.1) is 28.0 Å². The summed E-state index contributed by atoms with van der Waals surface area (Å²) in [7, 11) is 0. The molecular weight excluding hydrogens is 370 g/mol. The van der Waals surface area contributed by atoms with Crippen molar-refractivity contribution in [1.82, 2.24) is 0 Å². The monoisotopic (exact) mass is 385 g/mol. The van der Waals surface area contributed by atoms with E-state index in [2.05, 4.69) is 9.98 Å². The Kier molecular flexibility index (Phi) is 4.19. The minimum atomic E-state index is -0.486. The molecule has 1 aliphatic carbocycles. The third-order valence-electron chi connectivity index (χ3n) is 5.14. The first-order chi connectivity index (χ1) is 12.9. The van der Waals surface area contributed by atoms with Gasteiger partial charge in [0, 0.05) is 23.2 Å². The molecule has 1 aromatic rings. The first-order valence-corrected chi connectivity index (χ1v) is 9.03. The summed E-state index contributed by atoms with van der Waals surface area (Å²) in [5.41, 5.74) is 1.15. The molecule has 138 valence electrons. The van der Waals surface area contributed by atoms with E-state index in [1.54, 1.807) is 31.3 Å². The average molecular weight is 386 g/mol. The summed E-state index contributed by atoms with van der Waals surface area (Å²) in [6.45, 7) is 3.66. The Morgan fingerprint density at radius 2 is 2.15 bits per heavy atom. The molecule has 4 rings (SSSR count). The van der Waals surface area contributed by atoms with Crippen LogP contribution in [0.1, 0.15) is 31.7 Å². The Morgan fingerprint density at radius 3 is 2.85 bits per heavy atom. The number of carbonyl (C=O) groups is 1. The Bertz CT molecular complexity index is 993. The Balaban J connectivity index is 1.88. The van der Waals surface area contributed by atoms with Gasteiger partial charge in [0.2, 0.25) is 5.90 Å². The van der Waals surface area contributed by atoms with Gasteiger partial charge in [-0.05, 0) is 18.6 Å². The molecule has 0 saturated heterocycles. The van der Waals surface area contributed by atoms with Gasteiger partial charge in [-0.1, -0.05) is 31.5 Å². The van der Waals surface area contributed by atoms with Crippen molar-refractivity contribution in [3.8, 4) is 5.75 Å². The molecule has 0 radical (unpaired) electrons. The smallest absolute Gasteiger partial charge is 0.276 e. The highest BCUT2D eigenvalue weighted by atomic mass is 35.5. The van der Waals surface area contributed by atoms with Crippen LogP contribution in [-0.4, -0.2) is 22.8 Å². The second-order valence-corrected chi connectivity index (χ2v) is 7.10. The van der Waals surface area contributed by atoms with Gasteiger partial charge in [-0.2, -0.15) is 0 Å². The number of nitro groups is 1. The Hall–Kier alpha value is -2.80. The van der Waals surface area contributed by atoms with E-state index in [9.17, 15) is 14.9 Å². The minimum absolute atomic E-state index is 0.0152. The van der Waals surface area contributed by atoms with Gasteiger partial charge in [-0.3, -0.25) is 19.9 Å². The SMILES string of the molecule is CCC1c2c(cccc2[N+](=O)[O-])OC2=NC3=C(C=C(Cl)C(C)C3=O)N=CC21. The van der Waals surface area contributed by atoms with E-state index in [1.165, 1.54) is 6.07 Å². The summed E-state index contributed by atoms with van der Waals surface area (Å²) in [4.78, 5) is 32.6. The van der Waals surface area contributed by atoms with Crippen molar-refractivity contribution < 1.29 is 14.5 Å². The van der Waals surface area contributed by atoms with E-state index in [0.717, 1.165) is 0 Å². The lowest BCUT2D eigenvalue weighted by Gasteiger charge is -2.30. The molecule has 7 nitrogen and oxygen atoms in total. The maximum absolute atomic E-state index is 12.6. The topological polar surface area (TPSA) is 94.2 Å². The summed E-state index contributed by atoms with van der Waals surface area (Å²) >= 11 is 6.15. The highest BCUT2D eigenvalue weighted by molar-refractivity contribution is 6.33. The van der Waals surface area contributed by atoms with Crippen LogP contribution in [-0.2, 0) is 4.79 Å². The molecule has 2 aliphatic heterocycles. The lowest BCUT2D eigenvalue weighted by molar-refractivity contribution is -0.385. The van der Waals surface area contributed by atoms with Crippen LogP contribution in [0.25, 0.3) is 0 Å². The van der Waals surface area contributed by atoms with Gasteiger partial charge < -0.3 is 4.74 Å². The molecule has 27 heavy (non-hydrogen) atoms. The maximum atomic E-state index is 12.6. The second kappa shape index (κ2) is 6.42. The van der Waals surface area contributed by atoms with E-state index in [4.69, 9.17) is 16.3 Å². The molecule has 0 amide bonds. The molecule has 0 aromatic heterocycles. The first-order valence-electron chi connectivity index (χ1n) is 8.65. The van der Waals surface area contributed by atoms with Gasteiger partial charge in [0.1, 0.15) is 11.4 Å². The molecule has 0 N–H and O–H groups in total. The number of ether oxygens (including phenoxy) is 1. The van der Waals surface area contributed by atoms with E-state index >= 15 is 0 Å². The van der Waals surface area contributed by atoms with Crippen LogP contribution < -0.4 is 4.74 Å². The molecule has 3 unspecified atom stereocenters. The number of nitro benzene ring substituents is 1. The molecule has 0 fully saturated rings. The third kappa shape index (κ3) is 2.70. The standard InChI is InChI=1S/C19H16ClN3O4/c1-3-10-11-8-21-13-7-12(20)9(2)18(24)17(13)22-19(11)27-15-6-4-5-14(16(10)15)23(25)26/h4-11H,3H2,1-2H3. The van der Waals surface area contributed by atoms with Crippen LogP contribution in [0, 0.1) is 22.0 Å². The largest absolute Gasteiger partial charge is 0.442 e. The predicted octanol–water partition coefficient (Wildman–Crippen LogP) is 4.13. The molecule has 0 saturated carbocycles. The Labute approximate surface area is 160 Å². The summed E-state index contributed by atoms with van der Waals surface area (Å²) in [6, 6.07) is 4.73. The number of ketones is 1. The zero-order chi connectivity index (χ0) is 19.3. The van der Waals surface area contributed by atoms with Crippen LogP contribution in [0.3, 0.4) is 0 Å². The number of Topliss-reactive ketones (excluding diaryl/α,β-unsaturated/α-hetero) is 1. The predicted molar refractivity (Wildman–Crippen MR) is 101 cm³/mol. The second-order valence-electron chi connectivity index (χ2n) is 6.67. The van der Waals surface area contributed by atoms with Crippen molar-refractivity contribution >= 4 is 35.2 Å². The van der Waals surface area contributed by atoms with Crippen molar-refractivity contribution in [1.29, 1.82) is 0 Å². The lowest BCUT2D eigenvalue weighted by Crippen LogP contribution is -2.33. The fourth-order valence-electron chi connectivity index (χ4n) is 3.67. The van der Waals surface area contributed by atoms with Crippen LogP contribution in [0.5, 0.6) is 5.75 Å². The summed E-state index contributed by atoms with van der Waals surface area (Å²) in [6.07, 6.45) is 3.92. The van der Waals surface area contributed by atoms with Crippen molar-refractivity contribution in [2.75, 3.05) is 0 Å². The molecule has 1 aromatic carbocycles. The van der Waals surface area contributed by atoms with E-state index in [-0.39, 0.29) is 23.1 Å². The molecular formula is C19H16ClN3O4. The highest BCUT2D eigenvalue weighted by Crippen LogP contribution is 2.45. The third-order valence-corrected chi connectivity index (χ3v) is 5.57. The van der Waals surface area contributed by atoms with Gasteiger partial charge in [-0.25, -0.2) is 4.99 Å². The number of hydrogen-bond donors (Lipinski definition) is 0. The van der Waals surface area contributed by atoms with Crippen molar-refractivity contribution in [3.63, 3.8) is 0 Å². The van der Waals surface area contributed by atoms with E-state index in [0.29, 0.717) is 34.4 Å². The van der Waals surface area contributed by atoms with Crippen molar-refractivity contribution in [2.45, 2.75) is 26.2 Å². The van der Waals surface area contributed by atoms with Crippen molar-refractivity contribution in [2.24, 2.45) is 21.8 Å². The average Bonchev–Trinajstić information content (AvgIpc) is 2.83.